The number of methoxy groups -OCH3 is 2. The van der Waals surface area contributed by atoms with E-state index in [1.54, 1.807) is 27.7 Å². The molecule has 0 aromatic carbocycles. The van der Waals surface area contributed by atoms with Crippen LogP contribution in [0.3, 0.4) is 0 Å². The van der Waals surface area contributed by atoms with Gasteiger partial charge in [-0.1, -0.05) is 0 Å². The normalized spacial score (nSPS) is 12.2. The summed E-state index contributed by atoms with van der Waals surface area (Å²) >= 11 is 0. The molecule has 0 spiro atoms. The molecule has 0 saturated carbocycles. The van der Waals surface area contributed by atoms with E-state index in [9.17, 15) is 10.1 Å². The van der Waals surface area contributed by atoms with Gasteiger partial charge in [0.25, 0.3) is 0 Å². The maximum atomic E-state index is 10.2. The summed E-state index contributed by atoms with van der Waals surface area (Å²) in [5.74, 6) is 0.149. The van der Waals surface area contributed by atoms with Gasteiger partial charge in [-0.2, -0.15) is 4.98 Å². The molecule has 2 N–H and O–H groups in total. The Bertz CT molecular complexity index is 462. The number of hydrogen-bond donors (Lipinski definition) is 2. The van der Waals surface area contributed by atoms with Gasteiger partial charge >= 0.3 is 13.1 Å². The summed E-state index contributed by atoms with van der Waals surface area (Å²) in [5.41, 5.74) is -1.88. The van der Waals surface area contributed by atoms with Crippen molar-refractivity contribution in [1.29, 1.82) is 0 Å². The molecule has 1 aromatic rings. The Labute approximate surface area is 119 Å². The second-order valence-electron chi connectivity index (χ2n) is 5.36. The number of hydrogen-bond acceptors (Lipinski definition) is 7. The van der Waals surface area contributed by atoms with Gasteiger partial charge in [0.2, 0.25) is 5.88 Å². The maximum absolute atomic E-state index is 10.2. The number of aromatic nitrogens is 2. The topological polar surface area (TPSA) is 93.9 Å². The highest BCUT2D eigenvalue weighted by molar-refractivity contribution is 6.61. The Morgan fingerprint density at radius 1 is 1.15 bits per heavy atom. The van der Waals surface area contributed by atoms with Gasteiger partial charge in [0.1, 0.15) is 0 Å². The number of nitrogens with zero attached hydrogens (tertiary/aromatic N) is 2. The van der Waals surface area contributed by atoms with Crippen LogP contribution in [-0.4, -0.2) is 52.6 Å². The quantitative estimate of drug-likeness (QED) is 0.695. The molecule has 0 unspecified atom stereocenters. The van der Waals surface area contributed by atoms with E-state index in [4.69, 9.17) is 14.1 Å². The lowest BCUT2D eigenvalue weighted by Gasteiger charge is -2.38. The average Bonchev–Trinajstić information content (AvgIpc) is 2.35. The number of rotatable bonds is 6. The van der Waals surface area contributed by atoms with Crippen molar-refractivity contribution in [2.45, 2.75) is 38.9 Å². The maximum Gasteiger partial charge on any atom is 0.498 e. The molecule has 0 fully saturated rings. The van der Waals surface area contributed by atoms with Gasteiger partial charge in [0, 0.05) is 6.20 Å². The first-order chi connectivity index (χ1) is 9.12. The second-order valence-corrected chi connectivity index (χ2v) is 5.36. The lowest BCUT2D eigenvalue weighted by molar-refractivity contribution is -0.0983. The van der Waals surface area contributed by atoms with E-state index in [0.29, 0.717) is 0 Å². The minimum absolute atomic E-state index is 0.125. The highest BCUT2D eigenvalue weighted by Gasteiger charge is 2.40. The third-order valence-corrected chi connectivity index (χ3v) is 3.28. The van der Waals surface area contributed by atoms with Crippen molar-refractivity contribution in [1.82, 2.24) is 9.97 Å². The van der Waals surface area contributed by atoms with E-state index in [2.05, 4.69) is 9.97 Å². The van der Waals surface area contributed by atoms with E-state index in [1.807, 2.05) is 0 Å². The van der Waals surface area contributed by atoms with E-state index in [0.717, 1.165) is 0 Å². The highest BCUT2D eigenvalue weighted by Crippen LogP contribution is 2.25. The average molecular weight is 284 g/mol. The monoisotopic (exact) mass is 284 g/mol. The summed E-state index contributed by atoms with van der Waals surface area (Å²) in [6, 6.07) is 0.125. The van der Waals surface area contributed by atoms with Crippen molar-refractivity contribution in [2.24, 2.45) is 0 Å². The SMILES string of the molecule is COc1ncc(B(O)OC(C)(C)C(C)(C)O)c(OC)n1. The fourth-order valence-electron chi connectivity index (χ4n) is 1.28. The van der Waals surface area contributed by atoms with E-state index >= 15 is 0 Å². The van der Waals surface area contributed by atoms with Crippen LogP contribution in [-0.2, 0) is 4.65 Å². The van der Waals surface area contributed by atoms with Crippen LogP contribution >= 0.6 is 0 Å². The number of ether oxygens (including phenoxy) is 2. The molecule has 1 aromatic heterocycles. The van der Waals surface area contributed by atoms with Crippen molar-refractivity contribution >= 4 is 12.6 Å². The largest absolute Gasteiger partial charge is 0.498 e. The van der Waals surface area contributed by atoms with E-state index in [1.165, 1.54) is 20.4 Å². The van der Waals surface area contributed by atoms with Crippen LogP contribution in [0, 0.1) is 0 Å². The molecular weight excluding hydrogens is 263 g/mol. The molecule has 0 atom stereocenters. The molecule has 7 nitrogen and oxygen atoms in total. The van der Waals surface area contributed by atoms with E-state index in [-0.39, 0.29) is 17.4 Å². The minimum atomic E-state index is -1.34. The minimum Gasteiger partial charge on any atom is -0.481 e. The Kier molecular flexibility index (Phi) is 4.96. The molecule has 112 valence electrons. The van der Waals surface area contributed by atoms with Crippen molar-refractivity contribution in [3.05, 3.63) is 6.20 Å². The fourth-order valence-corrected chi connectivity index (χ4v) is 1.28. The molecule has 0 aliphatic rings. The van der Waals surface area contributed by atoms with Crippen LogP contribution in [0.5, 0.6) is 11.9 Å². The van der Waals surface area contributed by atoms with Crippen molar-refractivity contribution in [2.75, 3.05) is 14.2 Å². The third kappa shape index (κ3) is 3.59. The molecule has 20 heavy (non-hydrogen) atoms. The van der Waals surface area contributed by atoms with Crippen LogP contribution in [0.4, 0.5) is 0 Å². The van der Waals surface area contributed by atoms with Crippen LogP contribution in [0.25, 0.3) is 0 Å². The molecule has 1 rings (SSSR count). The smallest absolute Gasteiger partial charge is 0.481 e. The molecule has 8 heteroatoms. The van der Waals surface area contributed by atoms with Crippen molar-refractivity contribution in [3.63, 3.8) is 0 Å². The van der Waals surface area contributed by atoms with Gasteiger partial charge in [-0.15, -0.1) is 0 Å². The standard InChI is InChI=1S/C12H21BN2O5/c1-11(2,16)12(3,4)20-13(17)8-7-14-10(19-6)15-9(8)18-5/h7,16-17H,1-6H3. The Morgan fingerprint density at radius 3 is 2.20 bits per heavy atom. The predicted octanol–water partition coefficient (Wildman–Crippen LogP) is -0.253. The fraction of sp³-hybridized carbons (Fsp3) is 0.667. The first-order valence-electron chi connectivity index (χ1n) is 6.15. The molecule has 0 radical (unpaired) electrons. The first-order valence-corrected chi connectivity index (χ1v) is 6.15. The van der Waals surface area contributed by atoms with Crippen LogP contribution in [0.1, 0.15) is 27.7 Å². The zero-order chi connectivity index (χ0) is 15.6. The van der Waals surface area contributed by atoms with Crippen LogP contribution in [0.15, 0.2) is 6.20 Å². The molecular formula is C12H21BN2O5. The summed E-state index contributed by atoms with van der Waals surface area (Å²) in [4.78, 5) is 7.87. The Balaban J connectivity index is 3.01. The van der Waals surface area contributed by atoms with Gasteiger partial charge < -0.3 is 24.3 Å². The Hall–Kier alpha value is -1.38. The molecule has 1 heterocycles. The van der Waals surface area contributed by atoms with Crippen molar-refractivity contribution in [3.8, 4) is 11.9 Å². The second kappa shape index (κ2) is 5.95. The highest BCUT2D eigenvalue weighted by atomic mass is 16.6. The van der Waals surface area contributed by atoms with Crippen LogP contribution < -0.4 is 14.9 Å². The molecule has 0 amide bonds. The summed E-state index contributed by atoms with van der Waals surface area (Å²) in [6.07, 6.45) is 1.36. The summed E-state index contributed by atoms with van der Waals surface area (Å²) in [6.45, 7) is 6.54. The third-order valence-electron chi connectivity index (χ3n) is 3.28. The van der Waals surface area contributed by atoms with Gasteiger partial charge in [-0.25, -0.2) is 4.98 Å². The lowest BCUT2D eigenvalue weighted by atomic mass is 9.77. The molecule has 0 aliphatic heterocycles. The molecule has 0 saturated heterocycles. The summed E-state index contributed by atoms with van der Waals surface area (Å²) in [5, 5.41) is 20.2. The van der Waals surface area contributed by atoms with Crippen LogP contribution in [0.2, 0.25) is 0 Å². The van der Waals surface area contributed by atoms with E-state index < -0.39 is 18.3 Å². The number of aliphatic hydroxyl groups is 1. The lowest BCUT2D eigenvalue weighted by Crippen LogP contribution is -2.53. The molecule has 0 bridgehead atoms. The predicted molar refractivity (Wildman–Crippen MR) is 74.2 cm³/mol. The Morgan fingerprint density at radius 2 is 1.75 bits per heavy atom. The first kappa shape index (κ1) is 16.7. The summed E-state index contributed by atoms with van der Waals surface area (Å²) < 4.78 is 15.5. The van der Waals surface area contributed by atoms with Gasteiger partial charge in [-0.05, 0) is 27.7 Å². The molecule has 0 aliphatic carbocycles. The zero-order valence-electron chi connectivity index (χ0n) is 12.7. The van der Waals surface area contributed by atoms with Gasteiger partial charge in [0.05, 0.1) is 30.9 Å². The van der Waals surface area contributed by atoms with Gasteiger partial charge in [-0.3, -0.25) is 0 Å². The zero-order valence-corrected chi connectivity index (χ0v) is 12.7. The van der Waals surface area contributed by atoms with Crippen molar-refractivity contribution < 1.29 is 24.3 Å². The summed E-state index contributed by atoms with van der Waals surface area (Å²) in [7, 11) is 1.51. The van der Waals surface area contributed by atoms with Gasteiger partial charge in [0.15, 0.2) is 0 Å².